The number of aliphatic hydroxyl groups excluding tert-OH is 1. The minimum Gasteiger partial charge on any atom is -0.391 e. The van der Waals surface area contributed by atoms with Crippen molar-refractivity contribution in [2.24, 2.45) is 0 Å². The standard InChI is InChI=1S/C19H26N2O3S2/c1-15-12-19(16(2)25-15)26(23,24)21-10-8-20(9-11-21)14-18(22)13-17-6-4-3-5-7-17/h3-7,12,18,22H,8-11,13-14H2,1-2H3/t18-/m1/s1. The van der Waals surface area contributed by atoms with Gasteiger partial charge in [0, 0.05) is 42.5 Å². The van der Waals surface area contributed by atoms with Crippen molar-refractivity contribution in [3.05, 3.63) is 51.7 Å². The van der Waals surface area contributed by atoms with Crippen LogP contribution in [0.4, 0.5) is 0 Å². The van der Waals surface area contributed by atoms with Crippen molar-refractivity contribution < 1.29 is 13.5 Å². The van der Waals surface area contributed by atoms with Gasteiger partial charge in [-0.3, -0.25) is 4.90 Å². The third-order valence-electron chi connectivity index (χ3n) is 4.73. The lowest BCUT2D eigenvalue weighted by molar-refractivity contribution is 0.0921. The molecule has 2 heterocycles. The molecule has 0 unspecified atom stereocenters. The third-order valence-corrected chi connectivity index (χ3v) is 7.85. The Labute approximate surface area is 159 Å². The summed E-state index contributed by atoms with van der Waals surface area (Å²) in [7, 11) is -3.42. The van der Waals surface area contributed by atoms with E-state index < -0.39 is 16.1 Å². The summed E-state index contributed by atoms with van der Waals surface area (Å²) in [4.78, 5) is 4.45. The van der Waals surface area contributed by atoms with E-state index in [-0.39, 0.29) is 0 Å². The maximum atomic E-state index is 12.9. The van der Waals surface area contributed by atoms with Crippen LogP contribution in [0.1, 0.15) is 15.3 Å². The molecule has 0 saturated carbocycles. The molecule has 0 spiro atoms. The van der Waals surface area contributed by atoms with Crippen LogP contribution in [0.5, 0.6) is 0 Å². The lowest BCUT2D eigenvalue weighted by Crippen LogP contribution is -2.50. The summed E-state index contributed by atoms with van der Waals surface area (Å²) in [6, 6.07) is 11.7. The number of benzene rings is 1. The molecular weight excluding hydrogens is 368 g/mol. The maximum absolute atomic E-state index is 12.9. The van der Waals surface area contributed by atoms with E-state index in [1.165, 1.54) is 11.3 Å². The van der Waals surface area contributed by atoms with Gasteiger partial charge in [0.2, 0.25) is 10.0 Å². The number of β-amino-alcohol motifs (C(OH)–C–C–N with tert-alkyl or cyclic N) is 1. The molecule has 0 amide bonds. The first-order chi connectivity index (χ1) is 12.4. The topological polar surface area (TPSA) is 60.9 Å². The Hall–Kier alpha value is -1.25. The Kier molecular flexibility index (Phi) is 6.14. The fraction of sp³-hybridized carbons (Fsp3) is 0.474. The zero-order valence-corrected chi connectivity index (χ0v) is 16.9. The first-order valence-electron chi connectivity index (χ1n) is 8.88. The predicted octanol–water partition coefficient (Wildman–Crippen LogP) is 2.27. The van der Waals surface area contributed by atoms with Gasteiger partial charge in [0.15, 0.2) is 0 Å². The van der Waals surface area contributed by atoms with Crippen LogP contribution in [-0.2, 0) is 16.4 Å². The number of nitrogens with zero attached hydrogens (tertiary/aromatic N) is 2. The summed E-state index contributed by atoms with van der Waals surface area (Å²) in [6.45, 7) is 6.59. The largest absolute Gasteiger partial charge is 0.391 e. The molecule has 0 bridgehead atoms. The molecule has 1 aromatic carbocycles. The molecule has 1 N–H and O–H groups in total. The summed E-state index contributed by atoms with van der Waals surface area (Å²) in [5.41, 5.74) is 1.12. The van der Waals surface area contributed by atoms with E-state index in [4.69, 9.17) is 0 Å². The number of piperazine rings is 1. The molecule has 3 rings (SSSR count). The molecular formula is C19H26N2O3S2. The molecule has 1 saturated heterocycles. The first kappa shape index (κ1) is 19.5. The van der Waals surface area contributed by atoms with Crippen LogP contribution >= 0.6 is 11.3 Å². The maximum Gasteiger partial charge on any atom is 0.244 e. The molecule has 2 aromatic rings. The van der Waals surface area contributed by atoms with Crippen LogP contribution in [-0.4, -0.2) is 61.6 Å². The molecule has 142 valence electrons. The molecule has 1 fully saturated rings. The van der Waals surface area contributed by atoms with Crippen molar-refractivity contribution in [3.8, 4) is 0 Å². The minimum absolute atomic E-state index is 0.442. The third kappa shape index (κ3) is 4.53. The van der Waals surface area contributed by atoms with Gasteiger partial charge >= 0.3 is 0 Å². The van der Waals surface area contributed by atoms with Gasteiger partial charge in [0.1, 0.15) is 0 Å². The number of hydrogen-bond acceptors (Lipinski definition) is 5. The molecule has 1 aliphatic heterocycles. The number of aryl methyl sites for hydroxylation is 2. The van der Waals surface area contributed by atoms with Crippen LogP contribution in [0.15, 0.2) is 41.3 Å². The highest BCUT2D eigenvalue weighted by Crippen LogP contribution is 2.28. The Morgan fingerprint density at radius 1 is 1.12 bits per heavy atom. The van der Waals surface area contributed by atoms with Gasteiger partial charge in [-0.2, -0.15) is 4.31 Å². The van der Waals surface area contributed by atoms with E-state index in [9.17, 15) is 13.5 Å². The van der Waals surface area contributed by atoms with Gasteiger partial charge in [0.05, 0.1) is 11.0 Å². The average molecular weight is 395 g/mol. The van der Waals surface area contributed by atoms with Crippen molar-refractivity contribution in [3.63, 3.8) is 0 Å². The van der Waals surface area contributed by atoms with E-state index in [1.54, 1.807) is 10.4 Å². The number of sulfonamides is 1. The number of hydrogen-bond donors (Lipinski definition) is 1. The normalized spacial score (nSPS) is 18.1. The van der Waals surface area contributed by atoms with Crippen molar-refractivity contribution >= 4 is 21.4 Å². The smallest absolute Gasteiger partial charge is 0.244 e. The van der Waals surface area contributed by atoms with Crippen LogP contribution in [0, 0.1) is 13.8 Å². The van der Waals surface area contributed by atoms with Crippen molar-refractivity contribution in [2.45, 2.75) is 31.3 Å². The van der Waals surface area contributed by atoms with E-state index in [0.29, 0.717) is 44.0 Å². The quantitative estimate of drug-likeness (QED) is 0.817. The molecule has 26 heavy (non-hydrogen) atoms. The fourth-order valence-corrected chi connectivity index (χ4v) is 6.35. The van der Waals surface area contributed by atoms with Crippen LogP contribution in [0.3, 0.4) is 0 Å². The highest BCUT2D eigenvalue weighted by molar-refractivity contribution is 7.89. The van der Waals surface area contributed by atoms with E-state index >= 15 is 0 Å². The van der Waals surface area contributed by atoms with Crippen LogP contribution in [0.2, 0.25) is 0 Å². The zero-order valence-electron chi connectivity index (χ0n) is 15.3. The van der Waals surface area contributed by atoms with E-state index in [2.05, 4.69) is 4.90 Å². The van der Waals surface area contributed by atoms with Gasteiger partial charge in [0.25, 0.3) is 0 Å². The van der Waals surface area contributed by atoms with Gasteiger partial charge in [-0.25, -0.2) is 8.42 Å². The fourth-order valence-electron chi connectivity index (χ4n) is 3.40. The van der Waals surface area contributed by atoms with Crippen molar-refractivity contribution in [1.82, 2.24) is 9.21 Å². The number of aliphatic hydroxyl groups is 1. The van der Waals surface area contributed by atoms with Crippen LogP contribution in [0.25, 0.3) is 0 Å². The number of thiophene rings is 1. The van der Waals surface area contributed by atoms with Crippen LogP contribution < -0.4 is 0 Å². The zero-order chi connectivity index (χ0) is 18.7. The Morgan fingerprint density at radius 3 is 2.35 bits per heavy atom. The SMILES string of the molecule is Cc1cc(S(=O)(=O)N2CCN(C[C@H](O)Cc3ccccc3)CC2)c(C)s1. The van der Waals surface area contributed by atoms with Gasteiger partial charge < -0.3 is 5.11 Å². The van der Waals surface area contributed by atoms with Gasteiger partial charge in [-0.15, -0.1) is 11.3 Å². The van der Waals surface area contributed by atoms with E-state index in [0.717, 1.165) is 15.3 Å². The first-order valence-corrected chi connectivity index (χ1v) is 11.1. The predicted molar refractivity (Wildman–Crippen MR) is 105 cm³/mol. The monoisotopic (exact) mass is 394 g/mol. The van der Waals surface area contributed by atoms with Crippen molar-refractivity contribution in [2.75, 3.05) is 32.7 Å². The highest BCUT2D eigenvalue weighted by atomic mass is 32.2. The molecule has 0 radical (unpaired) electrons. The Balaban J connectivity index is 1.55. The summed E-state index contributed by atoms with van der Waals surface area (Å²) in [6.07, 6.45) is 0.175. The molecule has 1 aliphatic rings. The van der Waals surface area contributed by atoms with Crippen molar-refractivity contribution in [1.29, 1.82) is 0 Å². The number of rotatable bonds is 6. The molecule has 1 atom stereocenters. The summed E-state index contributed by atoms with van der Waals surface area (Å²) >= 11 is 1.52. The molecule has 0 aliphatic carbocycles. The minimum atomic E-state index is -3.42. The molecule has 1 aromatic heterocycles. The summed E-state index contributed by atoms with van der Waals surface area (Å²) in [5.74, 6) is 0. The average Bonchev–Trinajstić information content (AvgIpc) is 2.95. The Morgan fingerprint density at radius 2 is 1.77 bits per heavy atom. The second-order valence-electron chi connectivity index (χ2n) is 6.83. The van der Waals surface area contributed by atoms with Gasteiger partial charge in [-0.1, -0.05) is 30.3 Å². The summed E-state index contributed by atoms with van der Waals surface area (Å²) < 4.78 is 27.3. The highest BCUT2D eigenvalue weighted by Gasteiger charge is 2.30. The summed E-state index contributed by atoms with van der Waals surface area (Å²) in [5, 5.41) is 10.3. The second kappa shape index (κ2) is 8.19. The lowest BCUT2D eigenvalue weighted by atomic mass is 10.1. The van der Waals surface area contributed by atoms with Gasteiger partial charge in [-0.05, 0) is 31.9 Å². The molecule has 7 heteroatoms. The lowest BCUT2D eigenvalue weighted by Gasteiger charge is -2.34. The van der Waals surface area contributed by atoms with E-state index in [1.807, 2.05) is 44.2 Å². The Bertz CT molecular complexity index is 826. The second-order valence-corrected chi connectivity index (χ2v) is 10.2. The molecule has 5 nitrogen and oxygen atoms in total.